The van der Waals surface area contributed by atoms with Crippen molar-refractivity contribution >= 4 is 31.9 Å². The first-order chi connectivity index (χ1) is 8.60. The van der Waals surface area contributed by atoms with Crippen LogP contribution in [0.1, 0.15) is 5.56 Å². The zero-order chi connectivity index (χ0) is 13.1. The summed E-state index contributed by atoms with van der Waals surface area (Å²) in [4.78, 5) is 0. The van der Waals surface area contributed by atoms with E-state index in [1.54, 1.807) is 24.3 Å². The molecule has 0 saturated carbocycles. The number of halogens is 3. The van der Waals surface area contributed by atoms with Gasteiger partial charge in [0.05, 0.1) is 5.56 Å². The highest BCUT2D eigenvalue weighted by atomic mass is 79.9. The standard InChI is InChI=1S/C13H6Br2FNO/c14-9-2-4-13(12(16)5-9)18-10-3-1-8(7-17)11(15)6-10/h1-6H. The normalized spacial score (nSPS) is 9.89. The van der Waals surface area contributed by atoms with Gasteiger partial charge in [-0.3, -0.25) is 0 Å². The Kier molecular flexibility index (Phi) is 4.00. The summed E-state index contributed by atoms with van der Waals surface area (Å²) in [5, 5.41) is 8.79. The Bertz CT molecular complexity index is 637. The first kappa shape index (κ1) is 13.1. The van der Waals surface area contributed by atoms with E-state index in [4.69, 9.17) is 10.00 Å². The molecule has 0 bridgehead atoms. The van der Waals surface area contributed by atoms with Crippen LogP contribution in [-0.2, 0) is 0 Å². The number of nitriles is 1. The Morgan fingerprint density at radius 1 is 1.11 bits per heavy atom. The summed E-state index contributed by atoms with van der Waals surface area (Å²) in [6.07, 6.45) is 0. The molecule has 0 radical (unpaired) electrons. The summed E-state index contributed by atoms with van der Waals surface area (Å²) >= 11 is 6.42. The number of benzene rings is 2. The summed E-state index contributed by atoms with van der Waals surface area (Å²) in [5.41, 5.74) is 0.499. The molecule has 0 atom stereocenters. The monoisotopic (exact) mass is 369 g/mol. The average Bonchev–Trinajstić information content (AvgIpc) is 2.33. The Labute approximate surface area is 120 Å². The minimum absolute atomic E-state index is 0.134. The molecule has 0 N–H and O–H groups in total. The van der Waals surface area contributed by atoms with Gasteiger partial charge in [0.25, 0.3) is 0 Å². The Morgan fingerprint density at radius 2 is 1.89 bits per heavy atom. The number of nitrogens with zero attached hydrogens (tertiary/aromatic N) is 1. The number of hydrogen-bond donors (Lipinski definition) is 0. The molecule has 0 fully saturated rings. The molecule has 2 nitrogen and oxygen atoms in total. The van der Waals surface area contributed by atoms with Crippen molar-refractivity contribution < 1.29 is 9.13 Å². The van der Waals surface area contributed by atoms with Crippen LogP contribution in [0.25, 0.3) is 0 Å². The highest BCUT2D eigenvalue weighted by Gasteiger charge is 2.07. The summed E-state index contributed by atoms with van der Waals surface area (Å²) in [5.74, 6) is 0.141. The van der Waals surface area contributed by atoms with E-state index in [9.17, 15) is 4.39 Å². The molecule has 18 heavy (non-hydrogen) atoms. The topological polar surface area (TPSA) is 33.0 Å². The lowest BCUT2D eigenvalue weighted by Gasteiger charge is -2.07. The van der Waals surface area contributed by atoms with Crippen molar-refractivity contribution in [3.8, 4) is 17.6 Å². The number of ether oxygens (including phenoxy) is 1. The van der Waals surface area contributed by atoms with Gasteiger partial charge in [-0.15, -0.1) is 0 Å². The lowest BCUT2D eigenvalue weighted by molar-refractivity contribution is 0.441. The van der Waals surface area contributed by atoms with Gasteiger partial charge in [0, 0.05) is 8.95 Å². The van der Waals surface area contributed by atoms with E-state index in [1.807, 2.05) is 6.07 Å². The predicted molar refractivity (Wildman–Crippen MR) is 73.0 cm³/mol. The molecule has 0 unspecified atom stereocenters. The van der Waals surface area contributed by atoms with E-state index < -0.39 is 5.82 Å². The Morgan fingerprint density at radius 3 is 2.50 bits per heavy atom. The molecule has 0 spiro atoms. The highest BCUT2D eigenvalue weighted by Crippen LogP contribution is 2.29. The van der Waals surface area contributed by atoms with E-state index in [2.05, 4.69) is 31.9 Å². The van der Waals surface area contributed by atoms with Crippen LogP contribution in [0.4, 0.5) is 4.39 Å². The highest BCUT2D eigenvalue weighted by molar-refractivity contribution is 9.10. The van der Waals surface area contributed by atoms with E-state index in [0.717, 1.165) is 0 Å². The van der Waals surface area contributed by atoms with Crippen molar-refractivity contribution in [3.05, 3.63) is 56.7 Å². The molecule has 0 heterocycles. The van der Waals surface area contributed by atoms with Crippen LogP contribution < -0.4 is 4.74 Å². The minimum Gasteiger partial charge on any atom is -0.454 e. The van der Waals surface area contributed by atoms with Crippen molar-refractivity contribution in [2.75, 3.05) is 0 Å². The predicted octanol–water partition coefficient (Wildman–Crippen LogP) is 5.01. The number of hydrogen-bond acceptors (Lipinski definition) is 2. The first-order valence-corrected chi connectivity index (χ1v) is 6.51. The molecule has 2 aromatic carbocycles. The maximum atomic E-state index is 13.6. The van der Waals surface area contributed by atoms with E-state index >= 15 is 0 Å². The molecular weight excluding hydrogens is 365 g/mol. The van der Waals surface area contributed by atoms with Gasteiger partial charge in [0.15, 0.2) is 11.6 Å². The van der Waals surface area contributed by atoms with E-state index in [-0.39, 0.29) is 5.75 Å². The van der Waals surface area contributed by atoms with Gasteiger partial charge in [0.2, 0.25) is 0 Å². The van der Waals surface area contributed by atoms with E-state index in [1.165, 1.54) is 12.1 Å². The summed E-state index contributed by atoms with van der Waals surface area (Å²) in [6, 6.07) is 11.4. The molecule has 2 aromatic rings. The van der Waals surface area contributed by atoms with Crippen LogP contribution in [0.15, 0.2) is 45.3 Å². The summed E-state index contributed by atoms with van der Waals surface area (Å²) < 4.78 is 20.2. The number of rotatable bonds is 2. The summed E-state index contributed by atoms with van der Waals surface area (Å²) in [6.45, 7) is 0. The molecule has 90 valence electrons. The fourth-order valence-corrected chi connectivity index (χ4v) is 2.11. The van der Waals surface area contributed by atoms with Crippen molar-refractivity contribution in [3.63, 3.8) is 0 Å². The fourth-order valence-electron chi connectivity index (χ4n) is 1.33. The fraction of sp³-hybridized carbons (Fsp3) is 0. The molecule has 0 aliphatic carbocycles. The Hall–Kier alpha value is -1.38. The van der Waals surface area contributed by atoms with E-state index in [0.29, 0.717) is 20.3 Å². The second-order valence-corrected chi connectivity index (χ2v) is 5.20. The molecule has 5 heteroatoms. The molecule has 0 saturated heterocycles. The first-order valence-electron chi connectivity index (χ1n) is 4.92. The SMILES string of the molecule is N#Cc1ccc(Oc2ccc(Br)cc2F)cc1Br. The zero-order valence-electron chi connectivity index (χ0n) is 8.95. The van der Waals surface area contributed by atoms with Crippen LogP contribution in [0.2, 0.25) is 0 Å². The molecule has 0 amide bonds. The van der Waals surface area contributed by atoms with Crippen LogP contribution in [0, 0.1) is 17.1 Å². The lowest BCUT2D eigenvalue weighted by atomic mass is 10.2. The van der Waals surface area contributed by atoms with Crippen LogP contribution in [-0.4, -0.2) is 0 Å². The molecule has 0 aromatic heterocycles. The van der Waals surface area contributed by atoms with Gasteiger partial charge in [0.1, 0.15) is 11.8 Å². The van der Waals surface area contributed by atoms with Gasteiger partial charge in [-0.2, -0.15) is 5.26 Å². The van der Waals surface area contributed by atoms with Gasteiger partial charge >= 0.3 is 0 Å². The second kappa shape index (κ2) is 5.51. The van der Waals surface area contributed by atoms with Gasteiger partial charge in [-0.05, 0) is 52.3 Å². The summed E-state index contributed by atoms with van der Waals surface area (Å²) in [7, 11) is 0. The Balaban J connectivity index is 2.29. The van der Waals surface area contributed by atoms with Crippen molar-refractivity contribution in [2.45, 2.75) is 0 Å². The molecule has 0 aliphatic heterocycles. The van der Waals surface area contributed by atoms with Crippen LogP contribution >= 0.6 is 31.9 Å². The smallest absolute Gasteiger partial charge is 0.166 e. The molecular formula is C13H6Br2FNO. The maximum absolute atomic E-state index is 13.6. The minimum atomic E-state index is -0.454. The third-order valence-electron chi connectivity index (χ3n) is 2.18. The third-order valence-corrected chi connectivity index (χ3v) is 3.33. The van der Waals surface area contributed by atoms with Crippen LogP contribution in [0.5, 0.6) is 11.5 Å². The third kappa shape index (κ3) is 2.89. The lowest BCUT2D eigenvalue weighted by Crippen LogP contribution is -1.89. The van der Waals surface area contributed by atoms with Crippen molar-refractivity contribution in [1.82, 2.24) is 0 Å². The molecule has 2 rings (SSSR count). The zero-order valence-corrected chi connectivity index (χ0v) is 12.1. The van der Waals surface area contributed by atoms with Gasteiger partial charge < -0.3 is 4.74 Å². The molecule has 0 aliphatic rings. The maximum Gasteiger partial charge on any atom is 0.166 e. The largest absolute Gasteiger partial charge is 0.454 e. The quantitative estimate of drug-likeness (QED) is 0.743. The second-order valence-electron chi connectivity index (χ2n) is 3.43. The average molecular weight is 371 g/mol. The van der Waals surface area contributed by atoms with Crippen LogP contribution in [0.3, 0.4) is 0 Å². The van der Waals surface area contributed by atoms with Gasteiger partial charge in [-0.25, -0.2) is 4.39 Å². The van der Waals surface area contributed by atoms with Crippen molar-refractivity contribution in [2.24, 2.45) is 0 Å². The van der Waals surface area contributed by atoms with Crippen molar-refractivity contribution in [1.29, 1.82) is 5.26 Å². The van der Waals surface area contributed by atoms with Gasteiger partial charge in [-0.1, -0.05) is 15.9 Å².